The van der Waals surface area contributed by atoms with Crippen LogP contribution in [-0.2, 0) is 4.79 Å². The minimum Gasteiger partial charge on any atom is -0.496 e. The van der Waals surface area contributed by atoms with Crippen molar-refractivity contribution in [1.82, 2.24) is 9.55 Å². The number of carbonyl (C=O) groups excluding carboxylic acids is 1. The number of aromatic nitrogens is 2. The number of allylic oxidation sites excluding steroid dienone is 1. The van der Waals surface area contributed by atoms with E-state index in [4.69, 9.17) is 30.8 Å². The molecule has 1 aliphatic heterocycles. The van der Waals surface area contributed by atoms with Crippen LogP contribution < -0.4 is 24.8 Å². The van der Waals surface area contributed by atoms with Gasteiger partial charge in [0, 0.05) is 17.8 Å². The van der Waals surface area contributed by atoms with Crippen LogP contribution in [0.3, 0.4) is 0 Å². The van der Waals surface area contributed by atoms with Crippen LogP contribution in [0.4, 0.5) is 11.6 Å². The van der Waals surface area contributed by atoms with Gasteiger partial charge in [-0.15, -0.1) is 0 Å². The first-order valence-electron chi connectivity index (χ1n) is 11.4. The number of methoxy groups -OCH3 is 3. The highest BCUT2D eigenvalue weighted by molar-refractivity contribution is 9.10. The lowest BCUT2D eigenvalue weighted by Crippen LogP contribution is -2.31. The van der Waals surface area contributed by atoms with Crippen molar-refractivity contribution in [2.24, 2.45) is 0 Å². The molecule has 1 atom stereocenters. The van der Waals surface area contributed by atoms with Gasteiger partial charge in [0.25, 0.3) is 5.91 Å². The number of benzene rings is 3. The first-order chi connectivity index (χ1) is 17.9. The van der Waals surface area contributed by atoms with E-state index < -0.39 is 6.04 Å². The summed E-state index contributed by atoms with van der Waals surface area (Å²) in [7, 11) is 4.64. The predicted octanol–water partition coefficient (Wildman–Crippen LogP) is 6.41. The van der Waals surface area contributed by atoms with Crippen molar-refractivity contribution < 1.29 is 19.0 Å². The third-order valence-electron chi connectivity index (χ3n) is 6.29. The summed E-state index contributed by atoms with van der Waals surface area (Å²) >= 11 is 9.87. The molecule has 37 heavy (non-hydrogen) atoms. The highest BCUT2D eigenvalue weighted by Gasteiger charge is 2.35. The smallest absolute Gasteiger partial charge is 0.255 e. The lowest BCUT2D eigenvalue weighted by molar-refractivity contribution is -0.113. The molecule has 190 valence electrons. The summed E-state index contributed by atoms with van der Waals surface area (Å²) in [6.07, 6.45) is 0. The zero-order valence-corrected chi connectivity index (χ0v) is 22.9. The number of nitrogens with one attached hydrogen (secondary N) is 2. The Hall–Kier alpha value is -3.69. The second-order valence-electron chi connectivity index (χ2n) is 8.40. The maximum absolute atomic E-state index is 14.0. The molecular formula is C27H24BrClN4O4. The van der Waals surface area contributed by atoms with E-state index in [1.54, 1.807) is 19.2 Å². The van der Waals surface area contributed by atoms with Crippen LogP contribution >= 0.6 is 27.5 Å². The molecule has 2 N–H and O–H groups in total. The molecular weight excluding hydrogens is 560 g/mol. The molecule has 0 aliphatic carbocycles. The van der Waals surface area contributed by atoms with Crippen molar-refractivity contribution in [3.05, 3.63) is 80.9 Å². The third-order valence-corrected chi connectivity index (χ3v) is 7.20. The van der Waals surface area contributed by atoms with Gasteiger partial charge in [0.05, 0.1) is 59.2 Å². The van der Waals surface area contributed by atoms with Gasteiger partial charge in [-0.05, 0) is 52.7 Å². The number of anilines is 2. The number of hydrogen-bond acceptors (Lipinski definition) is 6. The lowest BCUT2D eigenvalue weighted by atomic mass is 9.94. The van der Waals surface area contributed by atoms with Crippen LogP contribution in [0.5, 0.6) is 17.2 Å². The molecule has 0 fully saturated rings. The monoisotopic (exact) mass is 582 g/mol. The Kier molecular flexibility index (Phi) is 6.74. The van der Waals surface area contributed by atoms with Crippen LogP contribution in [0.15, 0.2) is 70.3 Å². The molecule has 2 heterocycles. The molecule has 0 spiro atoms. The standard InChI is InChI=1S/C27H24BrClN4O4/c1-14-24(26(34)31-19-13-22(36-3)17(29)12-23(19)37-4)25(15-9-10-21(35-2)16(28)11-15)33-20-8-6-5-7-18(20)32-27(33)30-14/h5-13,25H,1-4H3,(H,30,32)(H,31,34)/t25-/m0/s1. The van der Waals surface area contributed by atoms with E-state index in [0.717, 1.165) is 21.1 Å². The number of carbonyl (C=O) groups is 1. The summed E-state index contributed by atoms with van der Waals surface area (Å²) in [5.41, 5.74) is 4.22. The number of fused-ring (bicyclic) bond motifs is 3. The van der Waals surface area contributed by atoms with E-state index >= 15 is 0 Å². The number of imidazole rings is 1. The van der Waals surface area contributed by atoms with Crippen LogP contribution in [0, 0.1) is 0 Å². The molecule has 0 saturated carbocycles. The Bertz CT molecular complexity index is 1570. The predicted molar refractivity (Wildman–Crippen MR) is 148 cm³/mol. The largest absolute Gasteiger partial charge is 0.496 e. The maximum Gasteiger partial charge on any atom is 0.255 e. The number of nitrogens with zero attached hydrogens (tertiary/aromatic N) is 2. The van der Waals surface area contributed by atoms with Gasteiger partial charge in [-0.3, -0.25) is 9.36 Å². The lowest BCUT2D eigenvalue weighted by Gasteiger charge is -2.31. The number of ether oxygens (including phenoxy) is 3. The minimum absolute atomic E-state index is 0.312. The fraction of sp³-hybridized carbons (Fsp3) is 0.185. The molecule has 3 aromatic carbocycles. The average Bonchev–Trinajstić information content (AvgIpc) is 3.26. The number of para-hydroxylation sites is 2. The summed E-state index contributed by atoms with van der Waals surface area (Å²) in [6, 6.07) is 16.4. The zero-order valence-electron chi connectivity index (χ0n) is 20.6. The van der Waals surface area contributed by atoms with Crippen molar-refractivity contribution in [1.29, 1.82) is 0 Å². The second-order valence-corrected chi connectivity index (χ2v) is 9.66. The molecule has 1 aromatic heterocycles. The van der Waals surface area contributed by atoms with E-state index in [1.807, 2.05) is 54.0 Å². The summed E-state index contributed by atoms with van der Waals surface area (Å²) in [4.78, 5) is 18.8. The van der Waals surface area contributed by atoms with Crippen molar-refractivity contribution in [2.45, 2.75) is 13.0 Å². The highest BCUT2D eigenvalue weighted by atomic mass is 79.9. The molecule has 1 aliphatic rings. The molecule has 0 unspecified atom stereocenters. The quantitative estimate of drug-likeness (QED) is 0.273. The number of halogens is 2. The first-order valence-corrected chi connectivity index (χ1v) is 12.5. The molecule has 10 heteroatoms. The summed E-state index contributed by atoms with van der Waals surface area (Å²) in [5, 5.41) is 6.70. The van der Waals surface area contributed by atoms with Gasteiger partial charge >= 0.3 is 0 Å². The first kappa shape index (κ1) is 25.0. The maximum atomic E-state index is 14.0. The van der Waals surface area contributed by atoms with Gasteiger partial charge in [-0.1, -0.05) is 29.8 Å². The zero-order chi connectivity index (χ0) is 26.3. The Morgan fingerprint density at radius 3 is 2.46 bits per heavy atom. The number of rotatable bonds is 6. The number of hydrogen-bond donors (Lipinski definition) is 2. The van der Waals surface area contributed by atoms with E-state index in [0.29, 0.717) is 45.2 Å². The van der Waals surface area contributed by atoms with Crippen molar-refractivity contribution in [3.8, 4) is 17.2 Å². The summed E-state index contributed by atoms with van der Waals surface area (Å²) in [6.45, 7) is 1.86. The summed E-state index contributed by atoms with van der Waals surface area (Å²) < 4.78 is 19.1. The minimum atomic E-state index is -0.481. The van der Waals surface area contributed by atoms with E-state index in [1.165, 1.54) is 14.2 Å². The molecule has 4 aromatic rings. The molecule has 8 nitrogen and oxygen atoms in total. The fourth-order valence-corrected chi connectivity index (χ4v) is 5.36. The van der Waals surface area contributed by atoms with Crippen LogP contribution in [0.25, 0.3) is 11.0 Å². The second kappa shape index (κ2) is 9.99. The van der Waals surface area contributed by atoms with Gasteiger partial charge in [0.2, 0.25) is 5.95 Å². The van der Waals surface area contributed by atoms with Crippen LogP contribution in [0.2, 0.25) is 5.02 Å². The molecule has 1 amide bonds. The summed E-state index contributed by atoms with van der Waals surface area (Å²) in [5.74, 6) is 1.87. The van der Waals surface area contributed by atoms with E-state index in [2.05, 4.69) is 26.6 Å². The molecule has 0 bridgehead atoms. The Labute approximate surface area is 227 Å². The SMILES string of the molecule is COc1cc(NC(=O)C2=C(C)Nc3nc4ccccc4n3[C@H]2c2ccc(OC)c(Br)c2)c(OC)cc1Cl. The normalized spacial score (nSPS) is 14.7. The Morgan fingerprint density at radius 2 is 1.76 bits per heavy atom. The van der Waals surface area contributed by atoms with Gasteiger partial charge in [-0.2, -0.15) is 0 Å². The van der Waals surface area contributed by atoms with Crippen molar-refractivity contribution in [2.75, 3.05) is 32.0 Å². The highest BCUT2D eigenvalue weighted by Crippen LogP contribution is 2.42. The average molecular weight is 584 g/mol. The van der Waals surface area contributed by atoms with Crippen LogP contribution in [-0.4, -0.2) is 36.8 Å². The number of amides is 1. The van der Waals surface area contributed by atoms with Gasteiger partial charge in [0.15, 0.2) is 0 Å². The van der Waals surface area contributed by atoms with Crippen molar-refractivity contribution in [3.63, 3.8) is 0 Å². The Balaban J connectivity index is 1.66. The fourth-order valence-electron chi connectivity index (χ4n) is 4.57. The van der Waals surface area contributed by atoms with Crippen molar-refractivity contribution >= 4 is 56.1 Å². The topological polar surface area (TPSA) is 86.6 Å². The molecule has 5 rings (SSSR count). The van der Waals surface area contributed by atoms with Crippen LogP contribution in [0.1, 0.15) is 18.5 Å². The molecule has 0 radical (unpaired) electrons. The van der Waals surface area contributed by atoms with Gasteiger partial charge in [0.1, 0.15) is 17.2 Å². The van der Waals surface area contributed by atoms with Gasteiger partial charge < -0.3 is 24.8 Å². The van der Waals surface area contributed by atoms with Gasteiger partial charge in [-0.25, -0.2) is 4.98 Å². The Morgan fingerprint density at radius 1 is 1.03 bits per heavy atom. The van der Waals surface area contributed by atoms with E-state index in [-0.39, 0.29) is 5.91 Å². The van der Waals surface area contributed by atoms with E-state index in [9.17, 15) is 4.79 Å². The molecule has 0 saturated heterocycles. The third kappa shape index (κ3) is 4.38.